The standard InChI is InChI=1S/C28H20Cl2N4O2/c29-21-13-12-20(25(30)16-21)18-36-23-14-10-19(11-15-23)17-31-33-28-32-27(35)24-8-4-5-9-26(24)34(28)22-6-2-1-3-7-22/h1-17H,18H2,(H,32,33,35)/b31-17-. The number of nitrogens with one attached hydrogen (secondary N) is 1. The molecule has 0 amide bonds. The van der Waals surface area contributed by atoms with Gasteiger partial charge >= 0.3 is 0 Å². The van der Waals surface area contributed by atoms with Crippen molar-refractivity contribution in [2.24, 2.45) is 5.10 Å². The molecule has 0 fully saturated rings. The van der Waals surface area contributed by atoms with Crippen molar-refractivity contribution >= 4 is 46.3 Å². The molecule has 1 aromatic heterocycles. The van der Waals surface area contributed by atoms with E-state index >= 15 is 0 Å². The Morgan fingerprint density at radius 2 is 1.67 bits per heavy atom. The van der Waals surface area contributed by atoms with E-state index in [4.69, 9.17) is 27.9 Å². The molecular weight excluding hydrogens is 495 g/mol. The van der Waals surface area contributed by atoms with E-state index in [1.807, 2.05) is 83.4 Å². The Bertz CT molecular complexity index is 1600. The summed E-state index contributed by atoms with van der Waals surface area (Å²) in [5, 5.41) is 6.00. The molecule has 6 nitrogen and oxygen atoms in total. The second kappa shape index (κ2) is 10.6. The number of rotatable bonds is 7. The number of benzene rings is 4. The molecule has 1 N–H and O–H groups in total. The van der Waals surface area contributed by atoms with Crippen LogP contribution in [0.5, 0.6) is 5.75 Å². The fourth-order valence-corrected chi connectivity index (χ4v) is 4.16. The Labute approximate surface area is 217 Å². The molecule has 8 heteroatoms. The number of anilines is 1. The topological polar surface area (TPSA) is 68.5 Å². The van der Waals surface area contributed by atoms with E-state index in [1.54, 1.807) is 24.4 Å². The molecule has 0 spiro atoms. The molecule has 0 unspecified atom stereocenters. The van der Waals surface area contributed by atoms with Gasteiger partial charge in [0.05, 0.1) is 17.1 Å². The Hall–Kier alpha value is -4.13. The molecular formula is C28H20Cl2N4O2. The number of halogens is 2. The smallest absolute Gasteiger partial charge is 0.282 e. The number of aromatic nitrogens is 2. The van der Waals surface area contributed by atoms with Crippen molar-refractivity contribution in [3.05, 3.63) is 129 Å². The van der Waals surface area contributed by atoms with E-state index in [0.717, 1.165) is 22.3 Å². The third kappa shape index (κ3) is 5.25. The molecule has 0 saturated carbocycles. The van der Waals surface area contributed by atoms with Gasteiger partial charge in [-0.3, -0.25) is 9.36 Å². The summed E-state index contributed by atoms with van der Waals surface area (Å²) in [7, 11) is 0. The lowest BCUT2D eigenvalue weighted by Crippen LogP contribution is -2.16. The van der Waals surface area contributed by atoms with Gasteiger partial charge in [0.2, 0.25) is 5.95 Å². The van der Waals surface area contributed by atoms with Crippen LogP contribution in [0.1, 0.15) is 11.1 Å². The molecule has 0 aliphatic heterocycles. The highest BCUT2D eigenvalue weighted by Crippen LogP contribution is 2.23. The van der Waals surface area contributed by atoms with Crippen LogP contribution in [-0.2, 0) is 6.61 Å². The van der Waals surface area contributed by atoms with E-state index in [2.05, 4.69) is 15.5 Å². The summed E-state index contributed by atoms with van der Waals surface area (Å²) in [6, 6.07) is 29.8. The van der Waals surface area contributed by atoms with Crippen LogP contribution in [0, 0.1) is 0 Å². The zero-order chi connectivity index (χ0) is 24.9. The van der Waals surface area contributed by atoms with Crippen LogP contribution in [0.15, 0.2) is 107 Å². The number of ether oxygens (including phenoxy) is 1. The van der Waals surface area contributed by atoms with Crippen LogP contribution < -0.4 is 15.7 Å². The minimum atomic E-state index is -0.322. The first kappa shape index (κ1) is 23.6. The summed E-state index contributed by atoms with van der Waals surface area (Å²) in [5.41, 5.74) is 5.90. The number of nitrogens with zero attached hydrogens (tertiary/aromatic N) is 3. The van der Waals surface area contributed by atoms with Gasteiger partial charge in [-0.25, -0.2) is 5.43 Å². The van der Waals surface area contributed by atoms with E-state index in [1.165, 1.54) is 0 Å². The summed E-state index contributed by atoms with van der Waals surface area (Å²) in [6.45, 7) is 0.329. The van der Waals surface area contributed by atoms with Crippen molar-refractivity contribution in [1.29, 1.82) is 0 Å². The fraction of sp³-hybridized carbons (Fsp3) is 0.0357. The Balaban J connectivity index is 1.33. The van der Waals surface area contributed by atoms with Crippen molar-refractivity contribution in [2.45, 2.75) is 6.61 Å². The lowest BCUT2D eigenvalue weighted by Gasteiger charge is -2.15. The molecule has 0 atom stereocenters. The maximum absolute atomic E-state index is 12.6. The van der Waals surface area contributed by atoms with Gasteiger partial charge in [0.15, 0.2) is 0 Å². The maximum Gasteiger partial charge on any atom is 0.282 e. The minimum absolute atomic E-state index is 0.320. The van der Waals surface area contributed by atoms with Crippen LogP contribution in [0.2, 0.25) is 10.0 Å². The normalized spacial score (nSPS) is 11.2. The van der Waals surface area contributed by atoms with Crippen LogP contribution in [-0.4, -0.2) is 15.8 Å². The quantitative estimate of drug-likeness (QED) is 0.193. The first-order chi connectivity index (χ1) is 17.6. The largest absolute Gasteiger partial charge is 0.489 e. The first-order valence-corrected chi connectivity index (χ1v) is 11.9. The third-order valence-electron chi connectivity index (χ3n) is 5.48. The van der Waals surface area contributed by atoms with Gasteiger partial charge in [-0.15, -0.1) is 0 Å². The Morgan fingerprint density at radius 3 is 2.44 bits per heavy atom. The first-order valence-electron chi connectivity index (χ1n) is 11.1. The van der Waals surface area contributed by atoms with Crippen LogP contribution >= 0.6 is 23.2 Å². The van der Waals surface area contributed by atoms with Crippen LogP contribution in [0.3, 0.4) is 0 Å². The highest BCUT2D eigenvalue weighted by molar-refractivity contribution is 6.35. The van der Waals surface area contributed by atoms with Gasteiger partial charge in [-0.1, -0.05) is 59.6 Å². The fourth-order valence-electron chi connectivity index (χ4n) is 3.70. The van der Waals surface area contributed by atoms with E-state index < -0.39 is 0 Å². The number of hydrazone groups is 1. The second-order valence-corrected chi connectivity index (χ2v) is 8.74. The highest BCUT2D eigenvalue weighted by Gasteiger charge is 2.11. The molecule has 0 aliphatic rings. The van der Waals surface area contributed by atoms with Crippen molar-refractivity contribution in [2.75, 3.05) is 5.43 Å². The molecule has 5 aromatic rings. The maximum atomic E-state index is 12.6. The van der Waals surface area contributed by atoms with Crippen molar-refractivity contribution in [3.8, 4) is 11.4 Å². The number of para-hydroxylation sites is 2. The minimum Gasteiger partial charge on any atom is -0.489 e. The summed E-state index contributed by atoms with van der Waals surface area (Å²) in [5.74, 6) is 1.01. The van der Waals surface area contributed by atoms with Crippen molar-refractivity contribution in [3.63, 3.8) is 0 Å². The molecule has 0 radical (unpaired) electrons. The average molecular weight is 515 g/mol. The highest BCUT2D eigenvalue weighted by atomic mass is 35.5. The summed E-state index contributed by atoms with van der Waals surface area (Å²) >= 11 is 12.1. The zero-order valence-electron chi connectivity index (χ0n) is 18.9. The number of hydrogen-bond acceptors (Lipinski definition) is 5. The summed E-state index contributed by atoms with van der Waals surface area (Å²) in [4.78, 5) is 16.8. The van der Waals surface area contributed by atoms with E-state index in [0.29, 0.717) is 33.7 Å². The summed E-state index contributed by atoms with van der Waals surface area (Å²) in [6.07, 6.45) is 1.65. The molecule has 178 valence electrons. The molecule has 0 saturated heterocycles. The van der Waals surface area contributed by atoms with E-state index in [-0.39, 0.29) is 5.56 Å². The Morgan fingerprint density at radius 1 is 0.917 bits per heavy atom. The monoisotopic (exact) mass is 514 g/mol. The lowest BCUT2D eigenvalue weighted by atomic mass is 10.2. The van der Waals surface area contributed by atoms with Gasteiger partial charge in [0.1, 0.15) is 12.4 Å². The van der Waals surface area contributed by atoms with Gasteiger partial charge in [-0.2, -0.15) is 10.1 Å². The number of hydrogen-bond donors (Lipinski definition) is 1. The van der Waals surface area contributed by atoms with Crippen molar-refractivity contribution in [1.82, 2.24) is 9.55 Å². The van der Waals surface area contributed by atoms with Crippen molar-refractivity contribution < 1.29 is 4.74 Å². The predicted octanol–water partition coefficient (Wildman–Crippen LogP) is 6.72. The number of fused-ring (bicyclic) bond motifs is 1. The molecule has 1 heterocycles. The van der Waals surface area contributed by atoms with Gasteiger partial charge in [0, 0.05) is 21.3 Å². The molecule has 4 aromatic carbocycles. The lowest BCUT2D eigenvalue weighted by molar-refractivity contribution is 0.306. The molecule has 0 aliphatic carbocycles. The van der Waals surface area contributed by atoms with Gasteiger partial charge in [-0.05, 0) is 66.2 Å². The average Bonchev–Trinajstić information content (AvgIpc) is 2.90. The van der Waals surface area contributed by atoms with E-state index in [9.17, 15) is 4.79 Å². The SMILES string of the molecule is O=c1nc(N/N=C\c2ccc(OCc3ccc(Cl)cc3Cl)cc2)n(-c2ccccc2)c2ccccc12. The van der Waals surface area contributed by atoms with Crippen LogP contribution in [0.4, 0.5) is 5.95 Å². The second-order valence-electron chi connectivity index (χ2n) is 7.89. The molecule has 36 heavy (non-hydrogen) atoms. The van der Waals surface area contributed by atoms with Gasteiger partial charge < -0.3 is 4.74 Å². The molecule has 0 bridgehead atoms. The summed E-state index contributed by atoms with van der Waals surface area (Å²) < 4.78 is 7.69. The molecule has 5 rings (SSSR count). The predicted molar refractivity (Wildman–Crippen MR) is 146 cm³/mol. The van der Waals surface area contributed by atoms with Crippen LogP contribution in [0.25, 0.3) is 16.6 Å². The third-order valence-corrected chi connectivity index (χ3v) is 6.06. The van der Waals surface area contributed by atoms with Gasteiger partial charge in [0.25, 0.3) is 5.56 Å². The zero-order valence-corrected chi connectivity index (χ0v) is 20.4. The Kier molecular flexibility index (Phi) is 6.98.